The molecule has 0 spiro atoms. The van der Waals surface area contributed by atoms with E-state index in [1.807, 2.05) is 48.3 Å². The van der Waals surface area contributed by atoms with E-state index < -0.39 is 0 Å². The molecule has 1 aromatic carbocycles. The molecule has 114 valence electrons. The van der Waals surface area contributed by atoms with Crippen LogP contribution in [0.15, 0.2) is 40.8 Å². The van der Waals surface area contributed by atoms with Crippen LogP contribution in [0.1, 0.15) is 5.76 Å². The summed E-state index contributed by atoms with van der Waals surface area (Å²) < 4.78 is 5.79. The van der Waals surface area contributed by atoms with Gasteiger partial charge >= 0.3 is 0 Å². The quantitative estimate of drug-likeness (QED) is 0.834. The van der Waals surface area contributed by atoms with Crippen LogP contribution in [0, 0.1) is 12.3 Å². The number of carbonyl (C=O) groups excluding carboxylic acids is 1. The fraction of sp³-hybridized carbons (Fsp3) is 0.235. The number of nitrogens with zero attached hydrogens (tertiary/aromatic N) is 1. The zero-order valence-electron chi connectivity index (χ0n) is 12.3. The van der Waals surface area contributed by atoms with Crippen molar-refractivity contribution in [2.45, 2.75) is 6.54 Å². The Morgan fingerprint density at radius 3 is 2.73 bits per heavy atom. The number of halogens is 1. The Hall–Kier alpha value is -2.22. The SMILES string of the molecule is C#CCNC(=O)CN(C)Cc1ccc(-c2ccc(Cl)cc2)o1. The summed E-state index contributed by atoms with van der Waals surface area (Å²) in [7, 11) is 1.85. The van der Waals surface area contributed by atoms with Gasteiger partial charge in [-0.15, -0.1) is 6.42 Å². The molecule has 5 heteroatoms. The van der Waals surface area contributed by atoms with Gasteiger partial charge in [0.05, 0.1) is 19.6 Å². The third-order valence-corrected chi connectivity index (χ3v) is 3.27. The van der Waals surface area contributed by atoms with E-state index >= 15 is 0 Å². The number of amides is 1. The number of hydrogen-bond acceptors (Lipinski definition) is 3. The van der Waals surface area contributed by atoms with Crippen molar-refractivity contribution in [1.29, 1.82) is 0 Å². The summed E-state index contributed by atoms with van der Waals surface area (Å²) >= 11 is 5.87. The van der Waals surface area contributed by atoms with E-state index in [2.05, 4.69) is 11.2 Å². The monoisotopic (exact) mass is 316 g/mol. The molecule has 0 saturated heterocycles. The van der Waals surface area contributed by atoms with Crippen LogP contribution in [-0.4, -0.2) is 30.9 Å². The van der Waals surface area contributed by atoms with E-state index in [0.29, 0.717) is 11.6 Å². The van der Waals surface area contributed by atoms with Crippen molar-refractivity contribution in [2.75, 3.05) is 20.1 Å². The molecule has 0 fully saturated rings. The van der Waals surface area contributed by atoms with Gasteiger partial charge in [0, 0.05) is 10.6 Å². The van der Waals surface area contributed by atoms with Crippen LogP contribution in [0.3, 0.4) is 0 Å². The third-order valence-electron chi connectivity index (χ3n) is 3.02. The lowest BCUT2D eigenvalue weighted by atomic mass is 10.2. The number of furan rings is 1. The highest BCUT2D eigenvalue weighted by Gasteiger charge is 2.10. The number of terminal acetylenes is 1. The fourth-order valence-electron chi connectivity index (χ4n) is 2.00. The number of carbonyl (C=O) groups is 1. The Kier molecular flexibility index (Phi) is 5.65. The molecule has 1 aromatic heterocycles. The zero-order valence-corrected chi connectivity index (χ0v) is 13.1. The van der Waals surface area contributed by atoms with Crippen molar-refractivity contribution in [2.24, 2.45) is 0 Å². The first-order chi connectivity index (χ1) is 10.6. The maximum Gasteiger partial charge on any atom is 0.234 e. The molecule has 0 aliphatic carbocycles. The Balaban J connectivity index is 1.93. The summed E-state index contributed by atoms with van der Waals surface area (Å²) in [5.41, 5.74) is 0.963. The van der Waals surface area contributed by atoms with Gasteiger partial charge < -0.3 is 9.73 Å². The van der Waals surface area contributed by atoms with Crippen LogP contribution >= 0.6 is 11.6 Å². The molecule has 0 radical (unpaired) electrons. The third kappa shape index (κ3) is 4.66. The van der Waals surface area contributed by atoms with Crippen LogP contribution in [0.2, 0.25) is 5.02 Å². The molecule has 0 unspecified atom stereocenters. The van der Waals surface area contributed by atoms with Crippen molar-refractivity contribution in [3.05, 3.63) is 47.2 Å². The summed E-state index contributed by atoms with van der Waals surface area (Å²) in [6.45, 7) is 1.05. The lowest BCUT2D eigenvalue weighted by molar-refractivity contribution is -0.121. The van der Waals surface area contributed by atoms with E-state index in [0.717, 1.165) is 17.1 Å². The molecular weight excluding hydrogens is 300 g/mol. The number of nitrogens with one attached hydrogen (secondary N) is 1. The van der Waals surface area contributed by atoms with E-state index in [4.69, 9.17) is 22.4 Å². The second-order valence-corrected chi connectivity index (χ2v) is 5.36. The molecule has 1 heterocycles. The molecule has 22 heavy (non-hydrogen) atoms. The summed E-state index contributed by atoms with van der Waals surface area (Å²) in [6.07, 6.45) is 5.10. The van der Waals surface area contributed by atoms with E-state index in [-0.39, 0.29) is 19.0 Å². The first kappa shape index (κ1) is 16.2. The lowest BCUT2D eigenvalue weighted by Gasteiger charge is -2.14. The summed E-state index contributed by atoms with van der Waals surface area (Å²) in [5.74, 6) is 3.83. The van der Waals surface area contributed by atoms with E-state index in [1.54, 1.807) is 0 Å². The normalized spacial score (nSPS) is 10.5. The Morgan fingerprint density at radius 1 is 1.32 bits per heavy atom. The smallest absolute Gasteiger partial charge is 0.234 e. The maximum absolute atomic E-state index is 11.6. The van der Waals surface area contributed by atoms with Crippen molar-refractivity contribution in [1.82, 2.24) is 10.2 Å². The topological polar surface area (TPSA) is 45.5 Å². The van der Waals surface area contributed by atoms with E-state index in [1.165, 1.54) is 0 Å². The van der Waals surface area contributed by atoms with Crippen molar-refractivity contribution < 1.29 is 9.21 Å². The molecule has 1 N–H and O–H groups in total. The molecule has 0 saturated carbocycles. The average Bonchev–Trinajstić information content (AvgIpc) is 2.94. The first-order valence-electron chi connectivity index (χ1n) is 6.82. The van der Waals surface area contributed by atoms with Gasteiger partial charge in [0.25, 0.3) is 0 Å². The summed E-state index contributed by atoms with van der Waals surface area (Å²) in [6, 6.07) is 11.3. The molecule has 1 amide bonds. The fourth-order valence-corrected chi connectivity index (χ4v) is 2.13. The molecule has 4 nitrogen and oxygen atoms in total. The van der Waals surface area contributed by atoms with E-state index in [9.17, 15) is 4.79 Å². The molecule has 2 rings (SSSR count). The Labute approximate surface area is 135 Å². The van der Waals surface area contributed by atoms with Crippen molar-refractivity contribution >= 4 is 17.5 Å². The molecular formula is C17H17ClN2O2. The van der Waals surface area contributed by atoms with Gasteiger partial charge in [-0.3, -0.25) is 9.69 Å². The highest BCUT2D eigenvalue weighted by molar-refractivity contribution is 6.30. The van der Waals surface area contributed by atoms with Gasteiger partial charge in [-0.05, 0) is 43.4 Å². The number of likely N-dealkylation sites (N-methyl/N-ethyl adjacent to an activating group) is 1. The minimum Gasteiger partial charge on any atom is -0.460 e. The zero-order chi connectivity index (χ0) is 15.9. The highest BCUT2D eigenvalue weighted by atomic mass is 35.5. The first-order valence-corrected chi connectivity index (χ1v) is 7.19. The molecule has 0 bridgehead atoms. The van der Waals surface area contributed by atoms with Crippen molar-refractivity contribution in [3.8, 4) is 23.7 Å². The maximum atomic E-state index is 11.6. The molecule has 0 aliphatic heterocycles. The van der Waals surface area contributed by atoms with Crippen molar-refractivity contribution in [3.63, 3.8) is 0 Å². The molecule has 2 aromatic rings. The largest absolute Gasteiger partial charge is 0.460 e. The minimum absolute atomic E-state index is 0.107. The standard InChI is InChI=1S/C17H17ClN2O2/c1-3-10-19-17(21)12-20(2)11-15-8-9-16(22-15)13-4-6-14(18)7-5-13/h1,4-9H,10-12H2,2H3,(H,19,21). The minimum atomic E-state index is -0.107. The van der Waals surface area contributed by atoms with Crippen LogP contribution in [-0.2, 0) is 11.3 Å². The number of rotatable bonds is 6. The second-order valence-electron chi connectivity index (χ2n) is 4.93. The summed E-state index contributed by atoms with van der Waals surface area (Å²) in [4.78, 5) is 13.4. The van der Waals surface area contributed by atoms with Gasteiger partial charge in [-0.25, -0.2) is 0 Å². The average molecular weight is 317 g/mol. The molecule has 0 atom stereocenters. The predicted octanol–water partition coefficient (Wildman–Crippen LogP) is 2.78. The van der Waals surface area contributed by atoms with Gasteiger partial charge in [0.2, 0.25) is 5.91 Å². The van der Waals surface area contributed by atoms with Crippen LogP contribution in [0.25, 0.3) is 11.3 Å². The summed E-state index contributed by atoms with van der Waals surface area (Å²) in [5, 5.41) is 3.31. The van der Waals surface area contributed by atoms with Gasteiger partial charge in [0.15, 0.2) is 0 Å². The number of hydrogen-bond donors (Lipinski definition) is 1. The Morgan fingerprint density at radius 2 is 2.05 bits per heavy atom. The van der Waals surface area contributed by atoms with Gasteiger partial charge in [-0.1, -0.05) is 17.5 Å². The van der Waals surface area contributed by atoms with Gasteiger partial charge in [0.1, 0.15) is 11.5 Å². The second kappa shape index (κ2) is 7.69. The Bertz CT molecular complexity index is 671. The highest BCUT2D eigenvalue weighted by Crippen LogP contribution is 2.24. The molecule has 0 aliphatic rings. The van der Waals surface area contributed by atoms with Crippen LogP contribution in [0.4, 0.5) is 0 Å². The van der Waals surface area contributed by atoms with Crippen LogP contribution in [0.5, 0.6) is 0 Å². The predicted molar refractivity (Wildman–Crippen MR) is 87.3 cm³/mol. The van der Waals surface area contributed by atoms with Gasteiger partial charge in [-0.2, -0.15) is 0 Å². The lowest BCUT2D eigenvalue weighted by Crippen LogP contribution is -2.34. The number of benzene rings is 1. The van der Waals surface area contributed by atoms with Crippen LogP contribution < -0.4 is 5.32 Å².